The van der Waals surface area contributed by atoms with Crippen LogP contribution in [0.2, 0.25) is 5.02 Å². The number of hydrogen-bond acceptors (Lipinski definition) is 5. The summed E-state index contributed by atoms with van der Waals surface area (Å²) in [7, 11) is 0. The molecule has 0 unspecified atom stereocenters. The molecule has 12 heteroatoms. The van der Waals surface area contributed by atoms with E-state index in [0.717, 1.165) is 23.6 Å². The molecule has 1 amide bonds. The number of hydrogen-bond donors (Lipinski definition) is 3. The average Bonchev–Trinajstić information content (AvgIpc) is 3.35. The first kappa shape index (κ1) is 24.2. The first-order valence-corrected chi connectivity index (χ1v) is 11.1. The van der Waals surface area contributed by atoms with Crippen molar-refractivity contribution in [3.05, 3.63) is 95.3 Å². The van der Waals surface area contributed by atoms with E-state index in [1.165, 1.54) is 18.5 Å². The number of carbonyl (C=O) groups excluding carboxylic acids is 1. The topological polar surface area (TPSA) is 95.6 Å². The summed E-state index contributed by atoms with van der Waals surface area (Å²) in [6, 6.07) is 11.9. The molecule has 0 aliphatic carbocycles. The molecule has 186 valence electrons. The molecule has 3 N–H and O–H groups in total. The summed E-state index contributed by atoms with van der Waals surface area (Å²) in [5.41, 5.74) is 0.519. The first-order chi connectivity index (χ1) is 17.7. The number of anilines is 3. The molecule has 5 rings (SSSR count). The van der Waals surface area contributed by atoms with Gasteiger partial charge in [-0.3, -0.25) is 4.79 Å². The second-order valence-electron chi connectivity index (χ2n) is 7.83. The summed E-state index contributed by atoms with van der Waals surface area (Å²) in [6.45, 7) is 0. The predicted molar refractivity (Wildman–Crippen MR) is 131 cm³/mol. The third kappa shape index (κ3) is 4.94. The third-order valence-corrected chi connectivity index (χ3v) is 5.76. The highest BCUT2D eigenvalue weighted by molar-refractivity contribution is 6.31. The summed E-state index contributed by atoms with van der Waals surface area (Å²) in [6.07, 6.45) is -0.0398. The van der Waals surface area contributed by atoms with Crippen LogP contribution < -0.4 is 10.6 Å². The van der Waals surface area contributed by atoms with Crippen molar-refractivity contribution >= 4 is 45.7 Å². The summed E-state index contributed by atoms with van der Waals surface area (Å²) >= 11 is 5.62. The fourth-order valence-corrected chi connectivity index (χ4v) is 3.92. The quantitative estimate of drug-likeness (QED) is 0.218. The zero-order valence-electron chi connectivity index (χ0n) is 18.6. The summed E-state index contributed by atoms with van der Waals surface area (Å²) in [4.78, 5) is 28.6. The summed E-state index contributed by atoms with van der Waals surface area (Å²) in [5.74, 6) is -1.32. The van der Waals surface area contributed by atoms with Crippen LogP contribution in [-0.2, 0) is 6.18 Å². The minimum absolute atomic E-state index is 0.244. The van der Waals surface area contributed by atoms with E-state index < -0.39 is 28.5 Å². The zero-order chi connectivity index (χ0) is 26.2. The number of fused-ring (bicyclic) bond motifs is 1. The van der Waals surface area contributed by atoms with Crippen LogP contribution in [0.5, 0.6) is 0 Å². The molecule has 0 fully saturated rings. The average molecular weight is 527 g/mol. The second kappa shape index (κ2) is 9.51. The lowest BCUT2D eigenvalue weighted by Gasteiger charge is -2.14. The van der Waals surface area contributed by atoms with Crippen LogP contribution >= 0.6 is 11.6 Å². The molecule has 0 saturated carbocycles. The van der Waals surface area contributed by atoms with Gasteiger partial charge in [0.05, 0.1) is 22.0 Å². The number of H-pyrrole nitrogens is 1. The number of nitrogens with one attached hydrogen (secondary N) is 3. The minimum atomic E-state index is -4.75. The van der Waals surface area contributed by atoms with Crippen LogP contribution in [0.3, 0.4) is 0 Å². The van der Waals surface area contributed by atoms with Gasteiger partial charge in [0.15, 0.2) is 0 Å². The van der Waals surface area contributed by atoms with Crippen molar-refractivity contribution in [3.8, 4) is 11.3 Å². The van der Waals surface area contributed by atoms with Crippen LogP contribution in [0, 0.1) is 5.82 Å². The Morgan fingerprint density at radius 1 is 1.00 bits per heavy atom. The van der Waals surface area contributed by atoms with Gasteiger partial charge in [-0.1, -0.05) is 11.6 Å². The van der Waals surface area contributed by atoms with Gasteiger partial charge in [-0.25, -0.2) is 19.3 Å². The van der Waals surface area contributed by atoms with Crippen molar-refractivity contribution in [2.45, 2.75) is 6.18 Å². The van der Waals surface area contributed by atoms with Crippen molar-refractivity contribution < 1.29 is 22.4 Å². The largest absolute Gasteiger partial charge is 0.417 e. The van der Waals surface area contributed by atoms with Gasteiger partial charge in [-0.2, -0.15) is 13.2 Å². The SMILES string of the molecule is O=C(Nc1cc(Nc2ncccc2-c2ncnc3[nH]ccc23)ccc1F)c1ccc(Cl)c(C(F)(F)F)c1. The van der Waals surface area contributed by atoms with Crippen molar-refractivity contribution in [3.63, 3.8) is 0 Å². The Kier molecular flexibility index (Phi) is 6.22. The van der Waals surface area contributed by atoms with E-state index in [1.54, 1.807) is 24.5 Å². The van der Waals surface area contributed by atoms with E-state index >= 15 is 0 Å². The molecule has 5 aromatic rings. The van der Waals surface area contributed by atoms with Crippen molar-refractivity contribution in [1.82, 2.24) is 19.9 Å². The highest BCUT2D eigenvalue weighted by atomic mass is 35.5. The molecule has 0 atom stereocenters. The number of aromatic amines is 1. The Morgan fingerprint density at radius 3 is 2.65 bits per heavy atom. The van der Waals surface area contributed by atoms with Crippen LogP contribution in [0.4, 0.5) is 34.8 Å². The van der Waals surface area contributed by atoms with Crippen molar-refractivity contribution in [2.75, 3.05) is 10.6 Å². The molecule has 0 spiro atoms. The number of nitrogens with zero attached hydrogens (tertiary/aromatic N) is 3. The maximum atomic E-state index is 14.5. The molecule has 37 heavy (non-hydrogen) atoms. The van der Waals surface area contributed by atoms with Gasteiger partial charge in [0, 0.05) is 34.6 Å². The number of carbonyl (C=O) groups is 1. The molecule has 0 saturated heterocycles. The van der Waals surface area contributed by atoms with E-state index in [-0.39, 0.29) is 11.3 Å². The van der Waals surface area contributed by atoms with Gasteiger partial charge in [0.1, 0.15) is 23.6 Å². The Balaban J connectivity index is 1.43. The summed E-state index contributed by atoms with van der Waals surface area (Å²) < 4.78 is 54.0. The van der Waals surface area contributed by atoms with Crippen LogP contribution in [0.1, 0.15) is 15.9 Å². The monoisotopic (exact) mass is 526 g/mol. The lowest BCUT2D eigenvalue weighted by atomic mass is 10.1. The Bertz CT molecular complexity index is 1640. The van der Waals surface area contributed by atoms with Gasteiger partial charge in [-0.15, -0.1) is 0 Å². The standard InChI is InChI=1S/C25H15ClF4N6O/c26-18-5-3-13(10-17(18)25(28,29)30)24(37)36-20-11-14(4-6-19(20)27)35-23-15(2-1-8-31-23)21-16-7-9-32-22(16)34-12-33-21/h1-12H,(H,31,35)(H,36,37)(H,32,33,34). The van der Waals surface area contributed by atoms with Crippen LogP contribution in [-0.4, -0.2) is 25.8 Å². The normalized spacial score (nSPS) is 11.5. The maximum Gasteiger partial charge on any atom is 0.417 e. The number of amides is 1. The van der Waals surface area contributed by atoms with Crippen LogP contribution in [0.15, 0.2) is 73.3 Å². The Labute approximate surface area is 211 Å². The highest BCUT2D eigenvalue weighted by Gasteiger charge is 2.34. The number of aromatic nitrogens is 4. The molecule has 0 aliphatic heterocycles. The molecule has 3 heterocycles. The van der Waals surface area contributed by atoms with Gasteiger partial charge in [-0.05, 0) is 54.6 Å². The fraction of sp³-hybridized carbons (Fsp3) is 0.0400. The van der Waals surface area contributed by atoms with Crippen LogP contribution in [0.25, 0.3) is 22.3 Å². The van der Waals surface area contributed by atoms with E-state index in [4.69, 9.17) is 11.6 Å². The van der Waals surface area contributed by atoms with Gasteiger partial charge >= 0.3 is 6.18 Å². The predicted octanol–water partition coefficient (Wildman–Crippen LogP) is 6.83. The maximum absolute atomic E-state index is 14.5. The first-order valence-electron chi connectivity index (χ1n) is 10.7. The van der Waals surface area contributed by atoms with E-state index in [1.807, 2.05) is 6.07 Å². The molecule has 7 nitrogen and oxygen atoms in total. The molecule has 2 aromatic carbocycles. The summed E-state index contributed by atoms with van der Waals surface area (Å²) in [5, 5.41) is 5.61. The number of pyridine rings is 1. The van der Waals surface area contributed by atoms with Crippen molar-refractivity contribution in [2.24, 2.45) is 0 Å². The molecule has 0 aliphatic rings. The number of rotatable bonds is 5. The number of halogens is 5. The third-order valence-electron chi connectivity index (χ3n) is 5.43. The van der Waals surface area contributed by atoms with E-state index in [2.05, 4.69) is 30.6 Å². The molecular formula is C25H15ClF4N6O. The Morgan fingerprint density at radius 2 is 1.84 bits per heavy atom. The molecular weight excluding hydrogens is 512 g/mol. The van der Waals surface area contributed by atoms with Crippen molar-refractivity contribution in [1.29, 1.82) is 0 Å². The minimum Gasteiger partial charge on any atom is -0.346 e. The lowest BCUT2D eigenvalue weighted by molar-refractivity contribution is -0.137. The fourth-order valence-electron chi connectivity index (χ4n) is 3.70. The zero-order valence-corrected chi connectivity index (χ0v) is 19.3. The highest BCUT2D eigenvalue weighted by Crippen LogP contribution is 2.36. The molecule has 3 aromatic heterocycles. The van der Waals surface area contributed by atoms with E-state index in [0.29, 0.717) is 34.5 Å². The van der Waals surface area contributed by atoms with Gasteiger partial charge < -0.3 is 15.6 Å². The van der Waals surface area contributed by atoms with Gasteiger partial charge in [0.25, 0.3) is 5.91 Å². The second-order valence-corrected chi connectivity index (χ2v) is 8.24. The molecule has 0 bridgehead atoms. The van der Waals surface area contributed by atoms with E-state index in [9.17, 15) is 22.4 Å². The lowest BCUT2D eigenvalue weighted by Crippen LogP contribution is -2.15. The molecule has 0 radical (unpaired) electrons. The van der Waals surface area contributed by atoms with Gasteiger partial charge in [0.2, 0.25) is 0 Å². The Hall–Kier alpha value is -4.51. The number of benzene rings is 2. The number of alkyl halides is 3. The smallest absolute Gasteiger partial charge is 0.346 e.